The summed E-state index contributed by atoms with van der Waals surface area (Å²) >= 11 is 0. The molecule has 36 heavy (non-hydrogen) atoms. The Kier molecular flexibility index (Phi) is 4.99. The number of carbonyl (C=O) groups excluding carboxylic acids is 1. The molecule has 2 bridgehead atoms. The highest BCUT2D eigenvalue weighted by Gasteiger charge is 2.65. The molecule has 1 aromatic carbocycles. The summed E-state index contributed by atoms with van der Waals surface area (Å²) in [6, 6.07) is 5.59. The quantitative estimate of drug-likeness (QED) is 0.388. The zero-order chi connectivity index (χ0) is 25.5. The van der Waals surface area contributed by atoms with E-state index in [1.54, 1.807) is 18.5 Å². The molecule has 0 amide bonds. The van der Waals surface area contributed by atoms with Crippen LogP contribution in [0, 0.1) is 28.4 Å². The van der Waals surface area contributed by atoms with Gasteiger partial charge in [0.25, 0.3) is 0 Å². The second-order valence-corrected chi connectivity index (χ2v) is 12.2. The van der Waals surface area contributed by atoms with E-state index in [0.717, 1.165) is 42.6 Å². The molecule has 0 saturated heterocycles. The molecule has 3 aliphatic rings. The Morgan fingerprint density at radius 1 is 1.06 bits per heavy atom. The molecule has 2 aromatic heterocycles. The normalized spacial score (nSPS) is 25.4. The molecule has 0 aliphatic heterocycles. The van der Waals surface area contributed by atoms with Gasteiger partial charge in [-0.3, -0.25) is 9.78 Å². The third-order valence-electron chi connectivity index (χ3n) is 9.12. The van der Waals surface area contributed by atoms with Crippen molar-refractivity contribution in [3.05, 3.63) is 70.9 Å². The smallest absolute Gasteiger partial charge is 0.183 e. The van der Waals surface area contributed by atoms with Crippen LogP contribution in [-0.2, 0) is 5.41 Å². The van der Waals surface area contributed by atoms with E-state index in [0.29, 0.717) is 23.4 Å². The molecule has 3 aliphatic carbocycles. The summed E-state index contributed by atoms with van der Waals surface area (Å²) in [5.74, 6) is -0.751. The summed E-state index contributed by atoms with van der Waals surface area (Å²) in [4.78, 5) is 22.4. The third kappa shape index (κ3) is 3.20. The van der Waals surface area contributed by atoms with Crippen molar-refractivity contribution in [2.45, 2.75) is 71.1 Å². The maximum atomic E-state index is 14.5. The highest BCUT2D eigenvalue weighted by Crippen LogP contribution is 2.69. The van der Waals surface area contributed by atoms with Crippen LogP contribution in [0.4, 0.5) is 8.78 Å². The van der Waals surface area contributed by atoms with Crippen molar-refractivity contribution < 1.29 is 13.6 Å². The lowest BCUT2D eigenvalue weighted by Gasteiger charge is -2.42. The van der Waals surface area contributed by atoms with Crippen LogP contribution in [-0.4, -0.2) is 25.9 Å². The molecule has 186 valence electrons. The molecule has 2 atom stereocenters. The molecule has 2 fully saturated rings. The van der Waals surface area contributed by atoms with Crippen molar-refractivity contribution in [1.29, 1.82) is 0 Å². The zero-order valence-corrected chi connectivity index (χ0v) is 21.1. The van der Waals surface area contributed by atoms with Crippen molar-refractivity contribution in [2.24, 2.45) is 16.7 Å². The molecule has 0 spiro atoms. The summed E-state index contributed by atoms with van der Waals surface area (Å²) < 4.78 is 29.0. The molecule has 2 saturated carbocycles. The van der Waals surface area contributed by atoms with E-state index in [-0.39, 0.29) is 28.4 Å². The van der Waals surface area contributed by atoms with Crippen LogP contribution in [0.1, 0.15) is 93.2 Å². The van der Waals surface area contributed by atoms with E-state index in [2.05, 4.69) is 42.9 Å². The lowest BCUT2D eigenvalue weighted by molar-refractivity contribution is 0.0709. The van der Waals surface area contributed by atoms with Crippen molar-refractivity contribution >= 4 is 5.78 Å². The minimum atomic E-state index is -0.659. The van der Waals surface area contributed by atoms with Crippen molar-refractivity contribution in [1.82, 2.24) is 20.2 Å². The van der Waals surface area contributed by atoms with Crippen LogP contribution in [0.3, 0.4) is 0 Å². The molecule has 5 nitrogen and oxygen atoms in total. The van der Waals surface area contributed by atoms with Crippen LogP contribution < -0.4 is 0 Å². The van der Waals surface area contributed by atoms with Gasteiger partial charge in [0, 0.05) is 12.6 Å². The minimum absolute atomic E-state index is 0.0308. The fraction of sp³-hybridized carbons (Fsp3) is 0.483. The van der Waals surface area contributed by atoms with Gasteiger partial charge in [-0.1, -0.05) is 33.8 Å². The highest BCUT2D eigenvalue weighted by molar-refractivity contribution is 5.94. The van der Waals surface area contributed by atoms with Crippen molar-refractivity contribution in [3.63, 3.8) is 0 Å². The van der Waals surface area contributed by atoms with E-state index in [4.69, 9.17) is 4.98 Å². The number of rotatable bonds is 5. The van der Waals surface area contributed by atoms with Crippen LogP contribution in [0.2, 0.25) is 0 Å². The number of Topliss-reactive ketones (excluding diaryl/α,β-unsaturated/α-hetero) is 1. The Bertz CT molecular complexity index is 1370. The third-order valence-corrected chi connectivity index (χ3v) is 9.12. The first-order valence-electron chi connectivity index (χ1n) is 12.7. The summed E-state index contributed by atoms with van der Waals surface area (Å²) in [5, 5.41) is 8.85. The van der Waals surface area contributed by atoms with Gasteiger partial charge in [-0.2, -0.15) is 5.10 Å². The molecule has 0 N–H and O–H groups in total. The number of ketones is 1. The average Bonchev–Trinajstić information content (AvgIpc) is 3.19. The highest BCUT2D eigenvalue weighted by atomic mass is 19.1. The Morgan fingerprint density at radius 2 is 1.78 bits per heavy atom. The summed E-state index contributed by atoms with van der Waals surface area (Å²) in [6.07, 6.45) is 7.61. The van der Waals surface area contributed by atoms with E-state index >= 15 is 0 Å². The van der Waals surface area contributed by atoms with Gasteiger partial charge in [-0.05, 0) is 72.1 Å². The first kappa shape index (κ1) is 23.3. The van der Waals surface area contributed by atoms with Gasteiger partial charge in [0.05, 0.1) is 34.3 Å². The van der Waals surface area contributed by atoms with Crippen molar-refractivity contribution in [3.8, 4) is 11.3 Å². The largest absolute Gasteiger partial charge is 0.292 e. The molecule has 0 unspecified atom stereocenters. The van der Waals surface area contributed by atoms with E-state index in [1.807, 2.05) is 0 Å². The number of fused-ring (bicyclic) bond motifs is 5. The second kappa shape index (κ2) is 7.70. The summed E-state index contributed by atoms with van der Waals surface area (Å²) in [6.45, 7) is 8.83. The monoisotopic (exact) mass is 488 g/mol. The van der Waals surface area contributed by atoms with Crippen molar-refractivity contribution in [2.75, 3.05) is 0 Å². The number of nitrogens with zero attached hydrogens (tertiary/aromatic N) is 4. The molecule has 7 heteroatoms. The van der Waals surface area contributed by atoms with Gasteiger partial charge < -0.3 is 0 Å². The minimum Gasteiger partial charge on any atom is -0.292 e. The lowest BCUT2D eigenvalue weighted by atomic mass is 9.63. The van der Waals surface area contributed by atoms with E-state index < -0.39 is 17.0 Å². The van der Waals surface area contributed by atoms with Crippen LogP contribution in [0.15, 0.2) is 36.7 Å². The first-order chi connectivity index (χ1) is 17.0. The number of benzene rings is 1. The molecule has 3 aromatic rings. The number of aromatic nitrogens is 4. The van der Waals surface area contributed by atoms with E-state index in [9.17, 15) is 13.6 Å². The van der Waals surface area contributed by atoms with Crippen LogP contribution in [0.25, 0.3) is 11.3 Å². The molecule has 6 rings (SSSR count). The predicted octanol–water partition coefficient (Wildman–Crippen LogP) is 6.42. The average molecular weight is 489 g/mol. The second-order valence-electron chi connectivity index (χ2n) is 12.2. The van der Waals surface area contributed by atoms with Gasteiger partial charge in [0.2, 0.25) is 0 Å². The fourth-order valence-corrected chi connectivity index (χ4v) is 7.48. The lowest BCUT2D eigenvalue weighted by Crippen LogP contribution is -2.38. The Labute approximate surface area is 209 Å². The molecular weight excluding hydrogens is 458 g/mol. The molecule has 2 heterocycles. The number of hydrogen-bond acceptors (Lipinski definition) is 5. The SMILES string of the molecule is CC1(C)CC(CC(=O)c2cncc([C@@]34CC[C@@H](c5cc(-c6c(F)cccc6F)nnc53)C4(C)C)n2)C1. The summed E-state index contributed by atoms with van der Waals surface area (Å²) in [5.41, 5.74) is 2.38. The number of carbonyl (C=O) groups is 1. The van der Waals surface area contributed by atoms with E-state index in [1.165, 1.54) is 18.2 Å². The molecule has 0 radical (unpaired) electrons. The Hall–Kier alpha value is -3.09. The standard InChI is InChI=1S/C29H30F2N4O/c1-27(2)12-16(13-27)10-23(36)22-14-32-15-24(33-22)29-9-8-18(28(29,3)4)17-11-21(34-35-26(17)29)25-19(30)6-5-7-20(25)31/h5-7,11,14-16,18H,8-10,12-13H2,1-4H3/t18-,29-/m0/s1. The maximum absolute atomic E-state index is 14.5. The zero-order valence-electron chi connectivity index (χ0n) is 21.1. The van der Waals surface area contributed by atoms with Gasteiger partial charge in [0.1, 0.15) is 17.3 Å². The predicted molar refractivity (Wildman–Crippen MR) is 131 cm³/mol. The van der Waals surface area contributed by atoms with Gasteiger partial charge in [0.15, 0.2) is 5.78 Å². The van der Waals surface area contributed by atoms with Crippen LogP contribution >= 0.6 is 0 Å². The Morgan fingerprint density at radius 3 is 2.47 bits per heavy atom. The number of halogens is 2. The fourth-order valence-electron chi connectivity index (χ4n) is 7.48. The van der Waals surface area contributed by atoms with Crippen LogP contribution in [0.5, 0.6) is 0 Å². The number of hydrogen-bond donors (Lipinski definition) is 0. The molecular formula is C29H30F2N4O. The Balaban J connectivity index is 1.39. The topological polar surface area (TPSA) is 68.6 Å². The van der Waals surface area contributed by atoms with Gasteiger partial charge >= 0.3 is 0 Å². The van der Waals surface area contributed by atoms with Gasteiger partial charge in [-0.15, -0.1) is 5.10 Å². The maximum Gasteiger partial charge on any atom is 0.183 e. The first-order valence-corrected chi connectivity index (χ1v) is 12.7. The summed E-state index contributed by atoms with van der Waals surface area (Å²) in [7, 11) is 0. The van der Waals surface area contributed by atoms with Gasteiger partial charge in [-0.25, -0.2) is 13.8 Å².